The van der Waals surface area contributed by atoms with Crippen LogP contribution in [0.1, 0.15) is 43.2 Å². The van der Waals surface area contributed by atoms with Crippen LogP contribution in [0.4, 0.5) is 0 Å². The number of carbonyl (C=O) groups excluding carboxylic acids is 1. The highest BCUT2D eigenvalue weighted by atomic mass is 16.5. The SMILES string of the molecule is Cc1cccc(OCCN2CCC(C(N)=O)(N3CCCCC3)CC2)c1C. The molecule has 0 saturated carbocycles. The zero-order valence-electron chi connectivity index (χ0n) is 16.3. The van der Waals surface area contributed by atoms with E-state index in [0.29, 0.717) is 6.61 Å². The average Bonchev–Trinajstić information content (AvgIpc) is 2.66. The number of carbonyl (C=O) groups is 1. The number of benzene rings is 1. The molecule has 1 aromatic carbocycles. The van der Waals surface area contributed by atoms with Crippen molar-refractivity contribution in [2.24, 2.45) is 5.73 Å². The fourth-order valence-corrected chi connectivity index (χ4v) is 4.35. The number of piperidine rings is 2. The lowest BCUT2D eigenvalue weighted by molar-refractivity contribution is -0.135. The number of nitrogens with two attached hydrogens (primary N) is 1. The number of primary amides is 1. The van der Waals surface area contributed by atoms with Gasteiger partial charge in [0.15, 0.2) is 0 Å². The zero-order valence-corrected chi connectivity index (χ0v) is 16.3. The molecule has 1 amide bonds. The summed E-state index contributed by atoms with van der Waals surface area (Å²) in [5.41, 5.74) is 7.91. The van der Waals surface area contributed by atoms with Crippen molar-refractivity contribution < 1.29 is 9.53 Å². The second kappa shape index (κ2) is 8.40. The number of hydrogen-bond acceptors (Lipinski definition) is 4. The molecule has 2 N–H and O–H groups in total. The van der Waals surface area contributed by atoms with Gasteiger partial charge in [0.1, 0.15) is 17.9 Å². The van der Waals surface area contributed by atoms with Gasteiger partial charge < -0.3 is 10.5 Å². The van der Waals surface area contributed by atoms with E-state index in [-0.39, 0.29) is 5.91 Å². The molecule has 0 unspecified atom stereocenters. The summed E-state index contributed by atoms with van der Waals surface area (Å²) in [6, 6.07) is 6.18. The van der Waals surface area contributed by atoms with Crippen LogP contribution in [0.5, 0.6) is 5.75 Å². The van der Waals surface area contributed by atoms with E-state index in [4.69, 9.17) is 10.5 Å². The molecule has 0 aromatic heterocycles. The van der Waals surface area contributed by atoms with Crippen LogP contribution in [0.25, 0.3) is 0 Å². The van der Waals surface area contributed by atoms with Gasteiger partial charge in [-0.2, -0.15) is 0 Å². The molecule has 2 aliphatic heterocycles. The summed E-state index contributed by atoms with van der Waals surface area (Å²) in [6.45, 7) is 9.63. The molecule has 2 heterocycles. The Bertz CT molecular complexity index is 618. The van der Waals surface area contributed by atoms with Crippen molar-refractivity contribution in [2.45, 2.75) is 51.5 Å². The number of ether oxygens (including phenoxy) is 1. The van der Waals surface area contributed by atoms with Gasteiger partial charge in [0.05, 0.1) is 0 Å². The highest BCUT2D eigenvalue weighted by Crippen LogP contribution is 2.31. The maximum atomic E-state index is 12.3. The molecular formula is C21H33N3O2. The molecule has 0 spiro atoms. The summed E-state index contributed by atoms with van der Waals surface area (Å²) in [5.74, 6) is 0.840. The molecule has 2 saturated heterocycles. The molecule has 0 atom stereocenters. The van der Waals surface area contributed by atoms with E-state index in [1.807, 2.05) is 12.1 Å². The predicted molar refractivity (Wildman–Crippen MR) is 104 cm³/mol. The van der Waals surface area contributed by atoms with Gasteiger partial charge in [-0.25, -0.2) is 0 Å². The van der Waals surface area contributed by atoms with Crippen molar-refractivity contribution >= 4 is 5.91 Å². The molecule has 0 aliphatic carbocycles. The third-order valence-electron chi connectivity index (χ3n) is 6.32. The van der Waals surface area contributed by atoms with E-state index in [0.717, 1.165) is 51.3 Å². The Hall–Kier alpha value is -1.59. The number of likely N-dealkylation sites (tertiary alicyclic amines) is 2. The average molecular weight is 360 g/mol. The Morgan fingerprint density at radius 1 is 1.12 bits per heavy atom. The number of aryl methyl sites for hydroxylation is 1. The minimum Gasteiger partial charge on any atom is -0.492 e. The molecule has 0 radical (unpaired) electrons. The Morgan fingerprint density at radius 2 is 1.81 bits per heavy atom. The molecule has 0 bridgehead atoms. The Balaban J connectivity index is 1.51. The second-order valence-electron chi connectivity index (χ2n) is 7.83. The lowest BCUT2D eigenvalue weighted by Crippen LogP contribution is -2.63. The van der Waals surface area contributed by atoms with Crippen LogP contribution in [0, 0.1) is 13.8 Å². The van der Waals surface area contributed by atoms with E-state index in [9.17, 15) is 4.79 Å². The predicted octanol–water partition coefficient (Wildman–Crippen LogP) is 2.49. The van der Waals surface area contributed by atoms with Crippen LogP contribution in [0.2, 0.25) is 0 Å². The maximum absolute atomic E-state index is 12.3. The quantitative estimate of drug-likeness (QED) is 0.848. The number of nitrogens with zero attached hydrogens (tertiary/aromatic N) is 2. The van der Waals surface area contributed by atoms with Crippen molar-refractivity contribution in [1.82, 2.24) is 9.80 Å². The van der Waals surface area contributed by atoms with Crippen molar-refractivity contribution in [3.05, 3.63) is 29.3 Å². The first-order valence-corrected chi connectivity index (χ1v) is 9.99. The van der Waals surface area contributed by atoms with E-state index < -0.39 is 5.54 Å². The fraction of sp³-hybridized carbons (Fsp3) is 0.667. The first kappa shape index (κ1) is 19.2. The smallest absolute Gasteiger partial charge is 0.238 e. The van der Waals surface area contributed by atoms with Crippen LogP contribution in [-0.4, -0.2) is 60.6 Å². The van der Waals surface area contributed by atoms with Crippen molar-refractivity contribution in [3.8, 4) is 5.75 Å². The second-order valence-corrected chi connectivity index (χ2v) is 7.83. The normalized spacial score (nSPS) is 21.5. The number of rotatable bonds is 6. The zero-order chi connectivity index (χ0) is 18.6. The highest BCUT2D eigenvalue weighted by molar-refractivity contribution is 5.84. The first-order valence-electron chi connectivity index (χ1n) is 9.99. The molecule has 5 heteroatoms. The molecule has 2 fully saturated rings. The fourth-order valence-electron chi connectivity index (χ4n) is 4.35. The summed E-state index contributed by atoms with van der Waals surface area (Å²) >= 11 is 0. The van der Waals surface area contributed by atoms with Crippen LogP contribution in [-0.2, 0) is 4.79 Å². The third-order valence-corrected chi connectivity index (χ3v) is 6.32. The lowest BCUT2D eigenvalue weighted by atomic mass is 9.83. The van der Waals surface area contributed by atoms with Gasteiger partial charge >= 0.3 is 0 Å². The standard InChI is InChI=1S/C21H33N3O2/c1-17-7-6-8-19(18(17)2)26-16-15-23-13-9-21(10-14-23,20(22)25)24-11-4-3-5-12-24/h6-8H,3-5,9-16H2,1-2H3,(H2,22,25). The third kappa shape index (κ3) is 4.04. The molecular weight excluding hydrogens is 326 g/mol. The van der Waals surface area contributed by atoms with E-state index in [2.05, 4.69) is 29.7 Å². The summed E-state index contributed by atoms with van der Waals surface area (Å²) in [6.07, 6.45) is 5.32. The van der Waals surface area contributed by atoms with Gasteiger partial charge in [-0.05, 0) is 69.8 Å². The summed E-state index contributed by atoms with van der Waals surface area (Å²) in [5, 5.41) is 0. The lowest BCUT2D eigenvalue weighted by Gasteiger charge is -2.48. The Labute approximate surface area is 157 Å². The minimum absolute atomic E-state index is 0.134. The monoisotopic (exact) mass is 359 g/mol. The highest BCUT2D eigenvalue weighted by Gasteiger charge is 2.44. The van der Waals surface area contributed by atoms with Gasteiger partial charge in [0.25, 0.3) is 0 Å². The van der Waals surface area contributed by atoms with Crippen LogP contribution >= 0.6 is 0 Å². The largest absolute Gasteiger partial charge is 0.492 e. The van der Waals surface area contributed by atoms with Gasteiger partial charge in [-0.15, -0.1) is 0 Å². The van der Waals surface area contributed by atoms with E-state index in [1.165, 1.54) is 30.4 Å². The van der Waals surface area contributed by atoms with E-state index >= 15 is 0 Å². The number of amides is 1. The van der Waals surface area contributed by atoms with Gasteiger partial charge in [-0.1, -0.05) is 18.6 Å². The molecule has 26 heavy (non-hydrogen) atoms. The molecule has 3 rings (SSSR count). The van der Waals surface area contributed by atoms with Crippen LogP contribution in [0.3, 0.4) is 0 Å². The van der Waals surface area contributed by atoms with Crippen molar-refractivity contribution in [3.63, 3.8) is 0 Å². The summed E-state index contributed by atoms with van der Waals surface area (Å²) in [4.78, 5) is 17.1. The number of hydrogen-bond donors (Lipinski definition) is 1. The van der Waals surface area contributed by atoms with Gasteiger partial charge in [0.2, 0.25) is 5.91 Å². The maximum Gasteiger partial charge on any atom is 0.238 e. The van der Waals surface area contributed by atoms with Crippen molar-refractivity contribution in [1.29, 1.82) is 0 Å². The molecule has 144 valence electrons. The minimum atomic E-state index is -0.426. The Morgan fingerprint density at radius 3 is 2.46 bits per heavy atom. The van der Waals surface area contributed by atoms with Crippen molar-refractivity contribution in [2.75, 3.05) is 39.3 Å². The molecule has 5 nitrogen and oxygen atoms in total. The van der Waals surface area contributed by atoms with Gasteiger partial charge in [-0.3, -0.25) is 14.6 Å². The summed E-state index contributed by atoms with van der Waals surface area (Å²) in [7, 11) is 0. The Kier molecular flexibility index (Phi) is 6.20. The molecule has 1 aromatic rings. The summed E-state index contributed by atoms with van der Waals surface area (Å²) < 4.78 is 5.99. The first-order chi connectivity index (χ1) is 12.5. The van der Waals surface area contributed by atoms with Crippen LogP contribution in [0.15, 0.2) is 18.2 Å². The van der Waals surface area contributed by atoms with E-state index in [1.54, 1.807) is 0 Å². The van der Waals surface area contributed by atoms with Gasteiger partial charge in [0, 0.05) is 19.6 Å². The van der Waals surface area contributed by atoms with Crippen LogP contribution < -0.4 is 10.5 Å². The topological polar surface area (TPSA) is 58.8 Å². The molecule has 2 aliphatic rings.